The zero-order chi connectivity index (χ0) is 40.9. The Balaban J connectivity index is 0.873. The number of rotatable bonds is 12. The summed E-state index contributed by atoms with van der Waals surface area (Å²) in [5, 5.41) is 3.90. The average Bonchev–Trinajstić information content (AvgIpc) is 3.25. The number of amides is 2. The van der Waals surface area contributed by atoms with E-state index in [9.17, 15) is 24.0 Å². The van der Waals surface area contributed by atoms with Crippen LogP contribution in [0.2, 0.25) is 0 Å². The third kappa shape index (κ3) is 8.45. The summed E-state index contributed by atoms with van der Waals surface area (Å²) in [6.07, 6.45) is 8.41. The minimum atomic E-state index is -0.308. The number of carbonyl (C=O) groups excluding carboxylic acids is 4. The van der Waals surface area contributed by atoms with Crippen LogP contribution in [-0.2, 0) is 0 Å². The highest BCUT2D eigenvalue weighted by atomic mass is 16.2. The van der Waals surface area contributed by atoms with E-state index < -0.39 is 0 Å². The van der Waals surface area contributed by atoms with Gasteiger partial charge in [-0.1, -0.05) is 13.8 Å². The van der Waals surface area contributed by atoms with E-state index in [2.05, 4.69) is 36.1 Å². The van der Waals surface area contributed by atoms with E-state index in [-0.39, 0.29) is 29.0 Å². The first-order valence-corrected chi connectivity index (χ1v) is 20.6. The van der Waals surface area contributed by atoms with E-state index in [0.717, 1.165) is 82.9 Å². The minimum Gasteiger partial charge on any atom is -0.368 e. The Morgan fingerprint density at radius 3 is 2.07 bits per heavy atom. The van der Waals surface area contributed by atoms with Crippen molar-refractivity contribution < 1.29 is 19.2 Å². The Hall–Kier alpha value is -5.70. The number of piperazine rings is 2. The molecule has 0 atom stereocenters. The molecular formula is C43H54N10O5. The van der Waals surface area contributed by atoms with Crippen molar-refractivity contribution in [1.29, 1.82) is 0 Å². The number of hydrogen-bond donors (Lipinski definition) is 1. The van der Waals surface area contributed by atoms with Crippen molar-refractivity contribution in [3.8, 4) is 0 Å². The normalized spacial score (nSPS) is 16.9. The van der Waals surface area contributed by atoms with Crippen molar-refractivity contribution in [2.24, 2.45) is 5.92 Å². The van der Waals surface area contributed by atoms with Crippen LogP contribution in [0.15, 0.2) is 47.5 Å². The summed E-state index contributed by atoms with van der Waals surface area (Å²) in [5.74, 6) is 1.23. The van der Waals surface area contributed by atoms with Crippen LogP contribution in [0.25, 0.3) is 11.0 Å². The van der Waals surface area contributed by atoms with Crippen LogP contribution >= 0.6 is 0 Å². The second-order valence-corrected chi connectivity index (χ2v) is 15.7. The first-order valence-electron chi connectivity index (χ1n) is 20.6. The van der Waals surface area contributed by atoms with Crippen molar-refractivity contribution in [3.63, 3.8) is 0 Å². The van der Waals surface area contributed by atoms with E-state index in [1.54, 1.807) is 29.8 Å². The quantitative estimate of drug-likeness (QED) is 0.148. The lowest BCUT2D eigenvalue weighted by molar-refractivity contribution is 0.101. The molecule has 4 aromatic rings. The topological polar surface area (TPSA) is 157 Å². The van der Waals surface area contributed by atoms with Crippen molar-refractivity contribution in [2.75, 3.05) is 87.1 Å². The predicted octanol–water partition coefficient (Wildman–Crippen LogP) is 5.20. The SMILES string of the molecule is CCC(CC)n1c(=O)c(C(C)=O)c(C)c2cnc(Nc3ccc(N4CCN(CC5CCN(C(=O)N6CCN(c7ccc(C=O)c(C=O)c7)CC6)CC5)CC4)cn3)nc21. The molecule has 6 heterocycles. The molecule has 0 aliphatic carbocycles. The second kappa shape index (κ2) is 17.8. The number of anilines is 4. The molecule has 3 fully saturated rings. The first-order chi connectivity index (χ1) is 28.1. The van der Waals surface area contributed by atoms with Gasteiger partial charge in [-0.3, -0.25) is 28.6 Å². The molecule has 1 aromatic carbocycles. The van der Waals surface area contributed by atoms with E-state index >= 15 is 0 Å². The highest BCUT2D eigenvalue weighted by Crippen LogP contribution is 2.27. The summed E-state index contributed by atoms with van der Waals surface area (Å²) in [7, 11) is 0. The molecule has 15 nitrogen and oxygen atoms in total. The number of aldehydes is 2. The molecule has 0 spiro atoms. The maximum atomic E-state index is 13.5. The Labute approximate surface area is 339 Å². The van der Waals surface area contributed by atoms with Gasteiger partial charge in [-0.25, -0.2) is 14.8 Å². The number of nitrogens with one attached hydrogen (secondary N) is 1. The zero-order valence-corrected chi connectivity index (χ0v) is 34.0. The summed E-state index contributed by atoms with van der Waals surface area (Å²) < 4.78 is 1.66. The maximum Gasteiger partial charge on any atom is 0.320 e. The molecule has 3 aromatic heterocycles. The molecular weight excluding hydrogens is 737 g/mol. The molecule has 3 saturated heterocycles. The Kier molecular flexibility index (Phi) is 12.5. The number of Topliss-reactive ketones (excluding diaryl/α,β-unsaturated/α-hetero) is 1. The summed E-state index contributed by atoms with van der Waals surface area (Å²) >= 11 is 0. The number of urea groups is 1. The maximum absolute atomic E-state index is 13.5. The number of likely N-dealkylation sites (tertiary alicyclic amines) is 1. The molecule has 0 saturated carbocycles. The fourth-order valence-electron chi connectivity index (χ4n) is 8.75. The van der Waals surface area contributed by atoms with Crippen LogP contribution in [-0.4, -0.2) is 131 Å². The Morgan fingerprint density at radius 1 is 0.810 bits per heavy atom. The summed E-state index contributed by atoms with van der Waals surface area (Å²) in [6.45, 7) is 16.2. The lowest BCUT2D eigenvalue weighted by Gasteiger charge is -2.42. The largest absolute Gasteiger partial charge is 0.368 e. The van der Waals surface area contributed by atoms with Crippen molar-refractivity contribution in [1.82, 2.24) is 34.2 Å². The Bertz CT molecular complexity index is 2200. The fraction of sp³-hybridized carbons (Fsp3) is 0.488. The monoisotopic (exact) mass is 790 g/mol. The molecule has 15 heteroatoms. The molecule has 3 aliphatic rings. The van der Waals surface area contributed by atoms with Gasteiger partial charge in [0.2, 0.25) is 5.95 Å². The molecule has 58 heavy (non-hydrogen) atoms. The van der Waals surface area contributed by atoms with Gasteiger partial charge < -0.3 is 24.9 Å². The molecule has 0 bridgehead atoms. The molecule has 1 N–H and O–H groups in total. The number of piperidine rings is 1. The van der Waals surface area contributed by atoms with Gasteiger partial charge in [0.25, 0.3) is 5.56 Å². The van der Waals surface area contributed by atoms with Crippen LogP contribution < -0.4 is 20.7 Å². The van der Waals surface area contributed by atoms with Crippen LogP contribution in [0.3, 0.4) is 0 Å². The number of hydrogen-bond acceptors (Lipinski definition) is 12. The van der Waals surface area contributed by atoms with Gasteiger partial charge in [0.05, 0.1) is 17.4 Å². The highest BCUT2D eigenvalue weighted by molar-refractivity contribution is 5.99. The summed E-state index contributed by atoms with van der Waals surface area (Å²) in [5.41, 5.74) is 3.71. The van der Waals surface area contributed by atoms with Gasteiger partial charge in [-0.15, -0.1) is 0 Å². The second-order valence-electron chi connectivity index (χ2n) is 15.7. The predicted molar refractivity (Wildman–Crippen MR) is 225 cm³/mol. The molecule has 3 aliphatic heterocycles. The van der Waals surface area contributed by atoms with Crippen LogP contribution in [0.4, 0.5) is 27.9 Å². The van der Waals surface area contributed by atoms with Crippen molar-refractivity contribution >= 4 is 58.6 Å². The van der Waals surface area contributed by atoms with Gasteiger partial charge in [0.1, 0.15) is 11.5 Å². The minimum absolute atomic E-state index is 0.0964. The van der Waals surface area contributed by atoms with Gasteiger partial charge >= 0.3 is 6.03 Å². The standard InChI is InChI=1S/C43H54N10O5/c1-5-34(6-2)53-40-37(29(3)39(30(4)56)41(53)57)25-45-42(47-40)46-38-10-9-36(24-44-38)50-17-15-48(16-18-50)26-31-11-13-51(14-12-31)43(58)52-21-19-49(20-22-52)35-8-7-32(27-54)33(23-35)28-55/h7-10,23-25,27-28,31,34H,5-6,11-22,26H2,1-4H3,(H,44,45,46,47). The summed E-state index contributed by atoms with van der Waals surface area (Å²) in [4.78, 5) is 87.0. The smallest absolute Gasteiger partial charge is 0.320 e. The molecule has 306 valence electrons. The molecule has 0 unspecified atom stereocenters. The number of aryl methyl sites for hydroxylation is 1. The number of aromatic nitrogens is 4. The lowest BCUT2D eigenvalue weighted by Crippen LogP contribution is -2.54. The number of ketones is 1. The molecule has 7 rings (SSSR count). The highest BCUT2D eigenvalue weighted by Gasteiger charge is 2.30. The number of benzene rings is 1. The van der Waals surface area contributed by atoms with E-state index in [1.165, 1.54) is 6.92 Å². The van der Waals surface area contributed by atoms with E-state index in [4.69, 9.17) is 4.98 Å². The van der Waals surface area contributed by atoms with E-state index in [1.807, 2.05) is 42.0 Å². The Morgan fingerprint density at radius 2 is 1.45 bits per heavy atom. The third-order valence-corrected chi connectivity index (χ3v) is 12.2. The van der Waals surface area contributed by atoms with Crippen molar-refractivity contribution in [3.05, 3.63) is 75.3 Å². The van der Waals surface area contributed by atoms with Crippen molar-refractivity contribution in [2.45, 2.75) is 59.4 Å². The van der Waals surface area contributed by atoms with Crippen LogP contribution in [0, 0.1) is 12.8 Å². The van der Waals surface area contributed by atoms with E-state index in [0.29, 0.717) is 84.2 Å². The van der Waals surface area contributed by atoms with Gasteiger partial charge in [0, 0.05) is 106 Å². The number of nitrogens with zero attached hydrogens (tertiary/aromatic N) is 9. The number of fused-ring (bicyclic) bond motifs is 1. The number of pyridine rings is 2. The average molecular weight is 791 g/mol. The fourth-order valence-corrected chi connectivity index (χ4v) is 8.75. The zero-order valence-electron chi connectivity index (χ0n) is 34.0. The van der Waals surface area contributed by atoms with Gasteiger partial charge in [0.15, 0.2) is 18.4 Å². The summed E-state index contributed by atoms with van der Waals surface area (Å²) in [6, 6.07) is 9.28. The van der Waals surface area contributed by atoms with Crippen LogP contribution in [0.5, 0.6) is 0 Å². The van der Waals surface area contributed by atoms with Gasteiger partial charge in [-0.05, 0) is 81.3 Å². The number of carbonyl (C=O) groups is 4. The van der Waals surface area contributed by atoms with Gasteiger partial charge in [-0.2, -0.15) is 4.98 Å². The first kappa shape index (κ1) is 40.5. The van der Waals surface area contributed by atoms with Crippen LogP contribution in [0.1, 0.15) is 89.1 Å². The molecule has 0 radical (unpaired) electrons. The molecule has 2 amide bonds. The third-order valence-electron chi connectivity index (χ3n) is 12.2. The lowest BCUT2D eigenvalue weighted by atomic mass is 9.96.